The molecule has 1 aromatic rings. The normalized spacial score (nSPS) is 12.2. The van der Waals surface area contributed by atoms with E-state index in [0.717, 1.165) is 0 Å². The van der Waals surface area contributed by atoms with E-state index in [0.29, 0.717) is 12.0 Å². The number of amides is 1. The van der Waals surface area contributed by atoms with E-state index in [4.69, 9.17) is 5.73 Å². The maximum Gasteiger partial charge on any atom is 0.239 e. The van der Waals surface area contributed by atoms with Crippen LogP contribution in [0.25, 0.3) is 0 Å². The molecule has 0 bridgehead atoms. The summed E-state index contributed by atoms with van der Waals surface area (Å²) < 4.78 is 13.3. The van der Waals surface area contributed by atoms with Crippen LogP contribution in [0, 0.1) is 5.82 Å². The Hall–Kier alpha value is -1.42. The first kappa shape index (κ1) is 12.6. The molecule has 0 saturated carbocycles. The van der Waals surface area contributed by atoms with Gasteiger partial charge in [0.15, 0.2) is 0 Å². The number of nitrogens with zero attached hydrogens (tertiary/aromatic N) is 1. The van der Waals surface area contributed by atoms with E-state index >= 15 is 0 Å². The number of likely N-dealkylation sites (N-methyl/N-ethyl adjacent to an activating group) is 1. The molecule has 3 nitrogen and oxygen atoms in total. The monoisotopic (exact) mass is 224 g/mol. The van der Waals surface area contributed by atoms with E-state index in [1.807, 2.05) is 6.92 Å². The molecule has 4 heteroatoms. The van der Waals surface area contributed by atoms with E-state index in [-0.39, 0.29) is 18.3 Å². The van der Waals surface area contributed by atoms with Crippen molar-refractivity contribution in [3.63, 3.8) is 0 Å². The van der Waals surface area contributed by atoms with Gasteiger partial charge in [-0.3, -0.25) is 4.79 Å². The highest BCUT2D eigenvalue weighted by Gasteiger charge is 2.16. The van der Waals surface area contributed by atoms with Gasteiger partial charge in [0, 0.05) is 19.2 Å². The van der Waals surface area contributed by atoms with Gasteiger partial charge in [0.2, 0.25) is 5.91 Å². The van der Waals surface area contributed by atoms with Gasteiger partial charge < -0.3 is 10.6 Å². The van der Waals surface area contributed by atoms with Gasteiger partial charge in [-0.1, -0.05) is 25.1 Å². The second-order valence-corrected chi connectivity index (χ2v) is 3.80. The summed E-state index contributed by atoms with van der Waals surface area (Å²) in [6.45, 7) is 2.10. The zero-order valence-electron chi connectivity index (χ0n) is 9.61. The van der Waals surface area contributed by atoms with E-state index in [2.05, 4.69) is 0 Å². The van der Waals surface area contributed by atoms with Crippen molar-refractivity contribution in [1.29, 1.82) is 0 Å². The molecule has 16 heavy (non-hydrogen) atoms. The molecule has 0 aliphatic carbocycles. The number of rotatable bonds is 4. The molecule has 0 spiro atoms. The summed E-state index contributed by atoms with van der Waals surface area (Å²) in [6.07, 6.45) is 0.584. The summed E-state index contributed by atoms with van der Waals surface area (Å²) in [5.41, 5.74) is 6.13. The van der Waals surface area contributed by atoms with Crippen molar-refractivity contribution in [2.45, 2.75) is 25.9 Å². The lowest BCUT2D eigenvalue weighted by Crippen LogP contribution is -2.41. The molecular formula is C12H17FN2O. The standard InChI is InChI=1S/C12H17FN2O/c1-3-11(14)12(16)15(2)8-9-6-4-5-7-10(9)13/h4-7,11H,3,8,14H2,1-2H3/t11-/m0/s1. The van der Waals surface area contributed by atoms with Crippen molar-refractivity contribution in [2.75, 3.05) is 7.05 Å². The lowest BCUT2D eigenvalue weighted by molar-refractivity contribution is -0.131. The van der Waals surface area contributed by atoms with Crippen molar-refractivity contribution in [1.82, 2.24) is 4.90 Å². The molecule has 1 amide bonds. The van der Waals surface area contributed by atoms with Crippen molar-refractivity contribution in [3.8, 4) is 0 Å². The quantitative estimate of drug-likeness (QED) is 0.842. The third kappa shape index (κ3) is 3.03. The van der Waals surface area contributed by atoms with Gasteiger partial charge in [0.1, 0.15) is 5.82 Å². The Bertz CT molecular complexity index is 368. The predicted octanol–water partition coefficient (Wildman–Crippen LogP) is 1.52. The Balaban J connectivity index is 2.68. The fraction of sp³-hybridized carbons (Fsp3) is 0.417. The van der Waals surface area contributed by atoms with Crippen LogP contribution in [0.4, 0.5) is 4.39 Å². The number of nitrogens with two attached hydrogens (primary N) is 1. The van der Waals surface area contributed by atoms with Crippen molar-refractivity contribution >= 4 is 5.91 Å². The lowest BCUT2D eigenvalue weighted by Gasteiger charge is -2.20. The minimum Gasteiger partial charge on any atom is -0.340 e. The summed E-state index contributed by atoms with van der Waals surface area (Å²) in [7, 11) is 1.63. The van der Waals surface area contributed by atoms with Crippen LogP contribution in [-0.2, 0) is 11.3 Å². The van der Waals surface area contributed by atoms with E-state index in [9.17, 15) is 9.18 Å². The second kappa shape index (κ2) is 5.61. The zero-order chi connectivity index (χ0) is 12.1. The molecule has 0 aliphatic rings. The second-order valence-electron chi connectivity index (χ2n) is 3.80. The van der Waals surface area contributed by atoms with Crippen LogP contribution in [0.3, 0.4) is 0 Å². The largest absolute Gasteiger partial charge is 0.340 e. The van der Waals surface area contributed by atoms with E-state index in [1.165, 1.54) is 11.0 Å². The molecule has 0 fully saturated rings. The van der Waals surface area contributed by atoms with Crippen LogP contribution in [0.1, 0.15) is 18.9 Å². The first-order valence-corrected chi connectivity index (χ1v) is 5.30. The molecule has 88 valence electrons. The van der Waals surface area contributed by atoms with Gasteiger partial charge in [0.05, 0.1) is 6.04 Å². The minimum atomic E-state index is -0.503. The van der Waals surface area contributed by atoms with Gasteiger partial charge in [0.25, 0.3) is 0 Å². The van der Waals surface area contributed by atoms with Crippen LogP contribution in [-0.4, -0.2) is 23.9 Å². The molecule has 2 N–H and O–H groups in total. The lowest BCUT2D eigenvalue weighted by atomic mass is 10.1. The van der Waals surface area contributed by atoms with Gasteiger partial charge in [-0.15, -0.1) is 0 Å². The summed E-state index contributed by atoms with van der Waals surface area (Å²) in [6, 6.07) is 5.91. The maximum absolute atomic E-state index is 13.3. The average molecular weight is 224 g/mol. The highest BCUT2D eigenvalue weighted by molar-refractivity contribution is 5.81. The zero-order valence-corrected chi connectivity index (χ0v) is 9.61. The van der Waals surface area contributed by atoms with Gasteiger partial charge >= 0.3 is 0 Å². The van der Waals surface area contributed by atoms with Gasteiger partial charge in [-0.05, 0) is 12.5 Å². The number of hydrogen-bond donors (Lipinski definition) is 1. The number of carbonyl (C=O) groups excluding carboxylic acids is 1. The van der Waals surface area contributed by atoms with Crippen LogP contribution in [0.2, 0.25) is 0 Å². The molecule has 0 saturated heterocycles. The van der Waals surface area contributed by atoms with Crippen molar-refractivity contribution < 1.29 is 9.18 Å². The Labute approximate surface area is 95.0 Å². The van der Waals surface area contributed by atoms with Crippen LogP contribution >= 0.6 is 0 Å². The van der Waals surface area contributed by atoms with Crippen molar-refractivity contribution in [3.05, 3.63) is 35.6 Å². The fourth-order valence-electron chi connectivity index (χ4n) is 1.42. The Morgan fingerprint density at radius 1 is 1.50 bits per heavy atom. The molecule has 0 aromatic heterocycles. The topological polar surface area (TPSA) is 46.3 Å². The van der Waals surface area contributed by atoms with Gasteiger partial charge in [-0.25, -0.2) is 4.39 Å². The van der Waals surface area contributed by atoms with Crippen molar-refractivity contribution in [2.24, 2.45) is 5.73 Å². The van der Waals surface area contributed by atoms with Crippen LogP contribution in [0.5, 0.6) is 0 Å². The minimum absolute atomic E-state index is 0.161. The first-order chi connectivity index (χ1) is 7.56. The Kier molecular flexibility index (Phi) is 4.43. The van der Waals surface area contributed by atoms with E-state index < -0.39 is 6.04 Å². The highest BCUT2D eigenvalue weighted by atomic mass is 19.1. The molecule has 1 aromatic carbocycles. The van der Waals surface area contributed by atoms with Crippen LogP contribution in [0.15, 0.2) is 24.3 Å². The summed E-state index contributed by atoms with van der Waals surface area (Å²) >= 11 is 0. The Morgan fingerprint density at radius 2 is 2.12 bits per heavy atom. The summed E-state index contributed by atoms with van der Waals surface area (Å²) in [5.74, 6) is -0.460. The third-order valence-corrected chi connectivity index (χ3v) is 2.50. The molecule has 1 rings (SSSR count). The molecule has 0 aliphatic heterocycles. The first-order valence-electron chi connectivity index (χ1n) is 5.30. The Morgan fingerprint density at radius 3 is 2.69 bits per heavy atom. The summed E-state index contributed by atoms with van der Waals surface area (Å²) in [4.78, 5) is 13.1. The predicted molar refractivity (Wildman–Crippen MR) is 61.1 cm³/mol. The maximum atomic E-state index is 13.3. The van der Waals surface area contributed by atoms with E-state index in [1.54, 1.807) is 25.2 Å². The molecule has 0 unspecified atom stereocenters. The average Bonchev–Trinajstić information content (AvgIpc) is 2.30. The molecule has 0 radical (unpaired) electrons. The SMILES string of the molecule is CC[C@H](N)C(=O)N(C)Cc1ccccc1F. The molecular weight excluding hydrogens is 207 g/mol. The third-order valence-electron chi connectivity index (χ3n) is 2.50. The smallest absolute Gasteiger partial charge is 0.239 e. The number of hydrogen-bond acceptors (Lipinski definition) is 2. The fourth-order valence-corrected chi connectivity index (χ4v) is 1.42. The number of carbonyl (C=O) groups is 1. The summed E-state index contributed by atoms with van der Waals surface area (Å²) in [5, 5.41) is 0. The van der Waals surface area contributed by atoms with Crippen LogP contribution < -0.4 is 5.73 Å². The number of benzene rings is 1. The molecule has 0 heterocycles. The van der Waals surface area contributed by atoms with Gasteiger partial charge in [-0.2, -0.15) is 0 Å². The number of halogens is 1. The molecule has 1 atom stereocenters. The highest BCUT2D eigenvalue weighted by Crippen LogP contribution is 2.09.